The van der Waals surface area contributed by atoms with Gasteiger partial charge in [0.25, 0.3) is 0 Å². The van der Waals surface area contributed by atoms with E-state index in [2.05, 4.69) is 52.0 Å². The molecule has 0 N–H and O–H groups in total. The van der Waals surface area contributed by atoms with E-state index >= 15 is 0 Å². The first-order valence-electron chi connectivity index (χ1n) is 4.17. The quantitative estimate of drug-likeness (QED) is 0.536. The third kappa shape index (κ3) is 5.65. The largest absolute Gasteiger partial charge is 0.0845 e. The molecule has 0 bridgehead atoms. The molecular formula is C11H18. The normalized spacial score (nSPS) is 12.2. The van der Waals surface area contributed by atoms with E-state index in [1.54, 1.807) is 0 Å². The van der Waals surface area contributed by atoms with Gasteiger partial charge in [0.15, 0.2) is 0 Å². The van der Waals surface area contributed by atoms with Crippen LogP contribution in [0.25, 0.3) is 0 Å². The Morgan fingerprint density at radius 2 is 1.91 bits per heavy atom. The monoisotopic (exact) mass is 150 g/mol. The Morgan fingerprint density at radius 1 is 1.27 bits per heavy atom. The Kier molecular flexibility index (Phi) is 5.54. The van der Waals surface area contributed by atoms with Gasteiger partial charge in [0.2, 0.25) is 0 Å². The lowest BCUT2D eigenvalue weighted by Crippen LogP contribution is -1.71. The van der Waals surface area contributed by atoms with Crippen molar-refractivity contribution in [2.24, 2.45) is 0 Å². The molecule has 0 unspecified atom stereocenters. The lowest BCUT2D eigenvalue weighted by Gasteiger charge is -1.91. The van der Waals surface area contributed by atoms with Crippen molar-refractivity contribution in [2.45, 2.75) is 34.1 Å². The Balaban J connectivity index is 4.02. The van der Waals surface area contributed by atoms with Crippen molar-refractivity contribution < 1.29 is 0 Å². The summed E-state index contributed by atoms with van der Waals surface area (Å²) in [5.74, 6) is 0. The molecule has 0 aliphatic carbocycles. The molecule has 0 rings (SSSR count). The molecule has 0 amide bonds. The lowest BCUT2D eigenvalue weighted by atomic mass is 10.2. The van der Waals surface area contributed by atoms with Crippen LogP contribution < -0.4 is 0 Å². The van der Waals surface area contributed by atoms with E-state index in [-0.39, 0.29) is 0 Å². The van der Waals surface area contributed by atoms with Crippen molar-refractivity contribution in [1.29, 1.82) is 0 Å². The highest BCUT2D eigenvalue weighted by Gasteiger charge is 1.81. The van der Waals surface area contributed by atoms with Gasteiger partial charge in [0.05, 0.1) is 0 Å². The second-order valence-corrected chi connectivity index (χ2v) is 2.82. The molecule has 0 saturated carbocycles. The van der Waals surface area contributed by atoms with Crippen LogP contribution in [0.3, 0.4) is 0 Å². The van der Waals surface area contributed by atoms with Gasteiger partial charge in [0.1, 0.15) is 0 Å². The van der Waals surface area contributed by atoms with Crippen LogP contribution in [0, 0.1) is 0 Å². The van der Waals surface area contributed by atoms with Crippen molar-refractivity contribution >= 4 is 0 Å². The van der Waals surface area contributed by atoms with Gasteiger partial charge in [-0.15, -0.1) is 0 Å². The van der Waals surface area contributed by atoms with Gasteiger partial charge in [-0.2, -0.15) is 0 Å². The van der Waals surface area contributed by atoms with Gasteiger partial charge in [-0.3, -0.25) is 0 Å². The molecule has 62 valence electrons. The van der Waals surface area contributed by atoms with Crippen LogP contribution in [0.4, 0.5) is 0 Å². The van der Waals surface area contributed by atoms with Gasteiger partial charge in [-0.05, 0) is 27.2 Å². The highest BCUT2D eigenvalue weighted by atomic mass is 13.9. The molecule has 0 aliphatic rings. The van der Waals surface area contributed by atoms with Gasteiger partial charge >= 0.3 is 0 Å². The second kappa shape index (κ2) is 5.96. The summed E-state index contributed by atoms with van der Waals surface area (Å²) in [6.07, 6.45) is 9.65. The van der Waals surface area contributed by atoms with E-state index in [1.807, 2.05) is 0 Å². The molecule has 0 nitrogen and oxygen atoms in total. The van der Waals surface area contributed by atoms with Gasteiger partial charge < -0.3 is 0 Å². The summed E-state index contributed by atoms with van der Waals surface area (Å²) in [7, 11) is 0. The number of rotatable bonds is 3. The average molecular weight is 150 g/mol. The Labute approximate surface area is 70.3 Å². The molecule has 0 aromatic rings. The standard InChI is InChI=1S/C11H18/c1-5-11(6-2)9-7-8-10(3)4/h5,7-9H,6H2,1-4H3. The first-order chi connectivity index (χ1) is 5.20. The summed E-state index contributed by atoms with van der Waals surface area (Å²) < 4.78 is 0. The summed E-state index contributed by atoms with van der Waals surface area (Å²) in [5, 5.41) is 0. The van der Waals surface area contributed by atoms with E-state index in [0.29, 0.717) is 0 Å². The van der Waals surface area contributed by atoms with Crippen molar-refractivity contribution in [2.75, 3.05) is 0 Å². The van der Waals surface area contributed by atoms with Crippen LogP contribution in [0.5, 0.6) is 0 Å². The van der Waals surface area contributed by atoms with Gasteiger partial charge in [0, 0.05) is 0 Å². The van der Waals surface area contributed by atoms with E-state index < -0.39 is 0 Å². The molecule has 0 atom stereocenters. The van der Waals surface area contributed by atoms with Gasteiger partial charge in [-0.25, -0.2) is 0 Å². The van der Waals surface area contributed by atoms with Crippen LogP contribution >= 0.6 is 0 Å². The Morgan fingerprint density at radius 3 is 2.27 bits per heavy atom. The third-order valence-corrected chi connectivity index (χ3v) is 1.52. The zero-order valence-electron chi connectivity index (χ0n) is 8.02. The molecule has 0 heteroatoms. The van der Waals surface area contributed by atoms with Crippen molar-refractivity contribution in [3.8, 4) is 0 Å². The fourth-order valence-corrected chi connectivity index (χ4v) is 0.782. The fraction of sp³-hybridized carbons (Fsp3) is 0.455. The molecule has 0 fully saturated rings. The third-order valence-electron chi connectivity index (χ3n) is 1.52. The van der Waals surface area contributed by atoms with E-state index in [9.17, 15) is 0 Å². The smallest absolute Gasteiger partial charge is 0.0311 e. The predicted octanol–water partition coefficient (Wildman–Crippen LogP) is 3.87. The first-order valence-corrected chi connectivity index (χ1v) is 4.17. The summed E-state index contributed by atoms with van der Waals surface area (Å²) in [4.78, 5) is 0. The molecule has 0 saturated heterocycles. The Hall–Kier alpha value is -0.780. The SMILES string of the molecule is CC=C(C=CC=C(C)C)CC. The maximum absolute atomic E-state index is 2.17. The van der Waals surface area contributed by atoms with Crippen LogP contribution in [-0.4, -0.2) is 0 Å². The van der Waals surface area contributed by atoms with Crippen molar-refractivity contribution in [1.82, 2.24) is 0 Å². The fourth-order valence-electron chi connectivity index (χ4n) is 0.782. The summed E-state index contributed by atoms with van der Waals surface area (Å²) in [6.45, 7) is 8.45. The highest BCUT2D eigenvalue weighted by molar-refractivity contribution is 5.22. The first kappa shape index (κ1) is 10.2. The van der Waals surface area contributed by atoms with Crippen LogP contribution in [0.15, 0.2) is 35.5 Å². The average Bonchev–Trinajstić information content (AvgIpc) is 1.98. The molecule has 11 heavy (non-hydrogen) atoms. The minimum absolute atomic E-state index is 1.11. The Bertz CT molecular complexity index is 176. The van der Waals surface area contributed by atoms with E-state index in [4.69, 9.17) is 0 Å². The molecule has 0 spiro atoms. The van der Waals surface area contributed by atoms with Crippen LogP contribution in [-0.2, 0) is 0 Å². The van der Waals surface area contributed by atoms with Gasteiger partial charge in [-0.1, -0.05) is 42.4 Å². The minimum Gasteiger partial charge on any atom is -0.0845 e. The number of allylic oxidation sites excluding steroid dienone is 6. The number of hydrogen-bond acceptors (Lipinski definition) is 0. The van der Waals surface area contributed by atoms with Crippen LogP contribution in [0.1, 0.15) is 34.1 Å². The van der Waals surface area contributed by atoms with Crippen molar-refractivity contribution in [3.63, 3.8) is 0 Å². The molecule has 0 aromatic heterocycles. The molecule has 0 aromatic carbocycles. The zero-order chi connectivity index (χ0) is 8.69. The molecule has 0 aliphatic heterocycles. The summed E-state index contributed by atoms with van der Waals surface area (Å²) in [5.41, 5.74) is 2.73. The molecule has 0 radical (unpaired) electrons. The maximum atomic E-state index is 2.17. The molecule has 0 heterocycles. The zero-order valence-corrected chi connectivity index (χ0v) is 8.02. The van der Waals surface area contributed by atoms with Crippen LogP contribution in [0.2, 0.25) is 0 Å². The number of hydrogen-bond donors (Lipinski definition) is 0. The maximum Gasteiger partial charge on any atom is -0.0311 e. The lowest BCUT2D eigenvalue weighted by molar-refractivity contribution is 1.14. The summed E-state index contributed by atoms with van der Waals surface area (Å²) >= 11 is 0. The topological polar surface area (TPSA) is 0 Å². The predicted molar refractivity (Wildman–Crippen MR) is 52.6 cm³/mol. The van der Waals surface area contributed by atoms with E-state index in [1.165, 1.54) is 11.1 Å². The van der Waals surface area contributed by atoms with Crippen molar-refractivity contribution in [3.05, 3.63) is 35.5 Å². The molecular weight excluding hydrogens is 132 g/mol. The second-order valence-electron chi connectivity index (χ2n) is 2.82. The minimum atomic E-state index is 1.11. The van der Waals surface area contributed by atoms with E-state index in [0.717, 1.165) is 6.42 Å². The highest BCUT2D eigenvalue weighted by Crippen LogP contribution is 2.02. The summed E-state index contributed by atoms with van der Waals surface area (Å²) in [6, 6.07) is 0.